The van der Waals surface area contributed by atoms with Crippen LogP contribution in [0.25, 0.3) is 0 Å². The highest BCUT2D eigenvalue weighted by Gasteiger charge is 1.92. The minimum atomic E-state index is 0.700. The first kappa shape index (κ1) is 7.06. The maximum absolute atomic E-state index is 5.45. The molecule has 0 spiro atoms. The van der Waals surface area contributed by atoms with E-state index in [4.69, 9.17) is 6.92 Å². The van der Waals surface area contributed by atoms with Gasteiger partial charge in [-0.3, -0.25) is 0 Å². The van der Waals surface area contributed by atoms with Gasteiger partial charge in [-0.1, -0.05) is 6.07 Å². The standard InChI is InChI=1S/C8H10N2/c1-7-4-5-8(9-6-7)10(2)3/h1,4-6H,2-3H3. The van der Waals surface area contributed by atoms with E-state index in [1.54, 1.807) is 6.20 Å². The first-order valence-corrected chi connectivity index (χ1v) is 3.09. The molecule has 10 heavy (non-hydrogen) atoms. The summed E-state index contributed by atoms with van der Waals surface area (Å²) in [5.41, 5.74) is 0.700. The van der Waals surface area contributed by atoms with E-state index in [1.165, 1.54) is 0 Å². The van der Waals surface area contributed by atoms with Crippen LogP contribution in [0.5, 0.6) is 0 Å². The summed E-state index contributed by atoms with van der Waals surface area (Å²) in [7, 11) is 3.89. The second-order valence-electron chi connectivity index (χ2n) is 2.34. The third-order valence-electron chi connectivity index (χ3n) is 1.23. The summed E-state index contributed by atoms with van der Waals surface area (Å²) >= 11 is 0. The van der Waals surface area contributed by atoms with Gasteiger partial charge in [-0.2, -0.15) is 0 Å². The summed E-state index contributed by atoms with van der Waals surface area (Å²) < 4.78 is 0. The summed E-state index contributed by atoms with van der Waals surface area (Å²) in [5.74, 6) is 0.925. The smallest absolute Gasteiger partial charge is 0.127 e. The monoisotopic (exact) mass is 134 g/mol. The Bertz CT molecular complexity index is 201. The molecule has 2 heteroatoms. The molecule has 0 aliphatic rings. The van der Waals surface area contributed by atoms with Crippen molar-refractivity contribution in [3.63, 3.8) is 0 Å². The molecule has 0 aliphatic carbocycles. The van der Waals surface area contributed by atoms with Gasteiger partial charge in [0, 0.05) is 27.2 Å². The molecule has 0 aromatic carbocycles. The van der Waals surface area contributed by atoms with E-state index < -0.39 is 0 Å². The lowest BCUT2D eigenvalue weighted by atomic mass is 10.3. The predicted molar refractivity (Wildman–Crippen MR) is 42.0 cm³/mol. The zero-order valence-corrected chi connectivity index (χ0v) is 6.20. The molecule has 0 saturated carbocycles. The summed E-state index contributed by atoms with van der Waals surface area (Å²) in [6, 6.07) is 3.72. The summed E-state index contributed by atoms with van der Waals surface area (Å²) in [4.78, 5) is 6.01. The van der Waals surface area contributed by atoms with Crippen molar-refractivity contribution < 1.29 is 0 Å². The predicted octanol–water partition coefficient (Wildman–Crippen LogP) is 1.21. The number of pyridine rings is 1. The molecule has 2 radical (unpaired) electrons. The fourth-order valence-electron chi connectivity index (χ4n) is 0.662. The second-order valence-corrected chi connectivity index (χ2v) is 2.34. The number of nitrogens with zero attached hydrogens (tertiary/aromatic N) is 2. The van der Waals surface area contributed by atoms with Gasteiger partial charge in [0.05, 0.1) is 0 Å². The molecule has 0 bridgehead atoms. The van der Waals surface area contributed by atoms with E-state index in [9.17, 15) is 0 Å². The summed E-state index contributed by atoms with van der Waals surface area (Å²) in [6.07, 6.45) is 1.65. The molecule has 1 rings (SSSR count). The molecule has 1 aromatic heterocycles. The van der Waals surface area contributed by atoms with Gasteiger partial charge in [0.2, 0.25) is 0 Å². The molecule has 0 unspecified atom stereocenters. The van der Waals surface area contributed by atoms with Crippen LogP contribution in [-0.4, -0.2) is 19.1 Å². The third-order valence-corrected chi connectivity index (χ3v) is 1.23. The number of rotatable bonds is 1. The van der Waals surface area contributed by atoms with Crippen LogP contribution in [0.15, 0.2) is 18.3 Å². The Hall–Kier alpha value is -1.05. The average Bonchev–Trinajstić information content (AvgIpc) is 1.88. The quantitative estimate of drug-likeness (QED) is 0.574. The molecule has 0 atom stereocenters. The highest BCUT2D eigenvalue weighted by Crippen LogP contribution is 2.05. The van der Waals surface area contributed by atoms with Gasteiger partial charge < -0.3 is 4.90 Å². The van der Waals surface area contributed by atoms with Gasteiger partial charge in [0.1, 0.15) is 5.82 Å². The van der Waals surface area contributed by atoms with Crippen LogP contribution in [0, 0.1) is 6.92 Å². The number of hydrogen-bond donors (Lipinski definition) is 0. The lowest BCUT2D eigenvalue weighted by Crippen LogP contribution is -2.09. The maximum atomic E-state index is 5.45. The molecule has 0 fully saturated rings. The van der Waals surface area contributed by atoms with E-state index in [0.29, 0.717) is 5.56 Å². The van der Waals surface area contributed by atoms with Crippen molar-refractivity contribution in [3.05, 3.63) is 30.8 Å². The Labute approximate surface area is 61.5 Å². The van der Waals surface area contributed by atoms with Crippen molar-refractivity contribution in [1.82, 2.24) is 4.98 Å². The van der Waals surface area contributed by atoms with E-state index in [-0.39, 0.29) is 0 Å². The second kappa shape index (κ2) is 2.69. The first-order valence-electron chi connectivity index (χ1n) is 3.09. The van der Waals surface area contributed by atoms with E-state index >= 15 is 0 Å². The molecule has 1 aromatic rings. The van der Waals surface area contributed by atoms with Gasteiger partial charge in [0.25, 0.3) is 0 Å². The Kier molecular flexibility index (Phi) is 1.90. The Morgan fingerprint density at radius 1 is 1.40 bits per heavy atom. The number of anilines is 1. The highest BCUT2D eigenvalue weighted by molar-refractivity contribution is 5.37. The summed E-state index contributed by atoms with van der Waals surface area (Å²) in [5, 5.41) is 0. The average molecular weight is 134 g/mol. The largest absolute Gasteiger partial charge is 0.363 e. The van der Waals surface area contributed by atoms with Crippen LogP contribution in [0.3, 0.4) is 0 Å². The Balaban J connectivity index is 2.89. The molecule has 0 N–H and O–H groups in total. The van der Waals surface area contributed by atoms with Crippen molar-refractivity contribution >= 4 is 5.82 Å². The van der Waals surface area contributed by atoms with Crippen LogP contribution >= 0.6 is 0 Å². The van der Waals surface area contributed by atoms with Crippen LogP contribution in [0.4, 0.5) is 5.82 Å². The zero-order valence-electron chi connectivity index (χ0n) is 6.20. The molecular formula is C8H10N2. The topological polar surface area (TPSA) is 16.1 Å². The van der Waals surface area contributed by atoms with Crippen LogP contribution < -0.4 is 4.90 Å². The number of hydrogen-bond acceptors (Lipinski definition) is 2. The molecule has 52 valence electrons. The minimum absolute atomic E-state index is 0.700. The fourth-order valence-corrected chi connectivity index (χ4v) is 0.662. The van der Waals surface area contributed by atoms with E-state index in [2.05, 4.69) is 4.98 Å². The zero-order chi connectivity index (χ0) is 7.56. The molecule has 0 saturated heterocycles. The van der Waals surface area contributed by atoms with Gasteiger partial charge in [-0.05, 0) is 11.6 Å². The molecule has 2 nitrogen and oxygen atoms in total. The van der Waals surface area contributed by atoms with Crippen molar-refractivity contribution in [3.8, 4) is 0 Å². The van der Waals surface area contributed by atoms with Crippen molar-refractivity contribution in [1.29, 1.82) is 0 Å². The highest BCUT2D eigenvalue weighted by atomic mass is 15.1. The van der Waals surface area contributed by atoms with Crippen molar-refractivity contribution in [2.24, 2.45) is 0 Å². The van der Waals surface area contributed by atoms with Crippen LogP contribution in [0.1, 0.15) is 5.56 Å². The van der Waals surface area contributed by atoms with E-state index in [1.807, 2.05) is 31.1 Å². The van der Waals surface area contributed by atoms with Crippen LogP contribution in [0.2, 0.25) is 0 Å². The molecular weight excluding hydrogens is 124 g/mol. The van der Waals surface area contributed by atoms with Gasteiger partial charge in [0.15, 0.2) is 0 Å². The number of aromatic nitrogens is 1. The fraction of sp³-hybridized carbons (Fsp3) is 0.250. The normalized spacial score (nSPS) is 9.50. The van der Waals surface area contributed by atoms with Gasteiger partial charge >= 0.3 is 0 Å². The molecule has 0 amide bonds. The molecule has 0 aliphatic heterocycles. The van der Waals surface area contributed by atoms with Gasteiger partial charge in [-0.15, -0.1) is 0 Å². The van der Waals surface area contributed by atoms with Crippen molar-refractivity contribution in [2.45, 2.75) is 0 Å². The van der Waals surface area contributed by atoms with Crippen molar-refractivity contribution in [2.75, 3.05) is 19.0 Å². The van der Waals surface area contributed by atoms with E-state index in [0.717, 1.165) is 5.82 Å². The lowest BCUT2D eigenvalue weighted by Gasteiger charge is -2.09. The maximum Gasteiger partial charge on any atom is 0.127 e. The SMILES string of the molecule is [CH]c1ccc(N(C)C)nc1. The Morgan fingerprint density at radius 2 is 2.10 bits per heavy atom. The van der Waals surface area contributed by atoms with Crippen LogP contribution in [-0.2, 0) is 0 Å². The first-order chi connectivity index (χ1) is 4.70. The van der Waals surface area contributed by atoms with Gasteiger partial charge in [-0.25, -0.2) is 4.98 Å². The lowest BCUT2D eigenvalue weighted by molar-refractivity contribution is 1.07. The Morgan fingerprint density at radius 3 is 2.50 bits per heavy atom. The summed E-state index contributed by atoms with van der Waals surface area (Å²) in [6.45, 7) is 5.45. The third kappa shape index (κ3) is 1.47. The molecule has 1 heterocycles. The minimum Gasteiger partial charge on any atom is -0.363 e.